The molecule has 0 fully saturated rings. The van der Waals surface area contributed by atoms with Crippen LogP contribution in [0.4, 0.5) is 0 Å². The SMILES string of the molecule is Cl.NS(=O)(=O)c1ccc(CNC(=O)c2cccnc2)cc1. The van der Waals surface area contributed by atoms with Crippen LogP contribution < -0.4 is 10.5 Å². The highest BCUT2D eigenvalue weighted by Crippen LogP contribution is 2.08. The van der Waals surface area contributed by atoms with E-state index in [-0.39, 0.29) is 23.2 Å². The van der Waals surface area contributed by atoms with Crippen molar-refractivity contribution >= 4 is 28.3 Å². The molecule has 8 heteroatoms. The van der Waals surface area contributed by atoms with Gasteiger partial charge in [-0.05, 0) is 29.8 Å². The summed E-state index contributed by atoms with van der Waals surface area (Å²) in [5.41, 5.74) is 1.24. The van der Waals surface area contributed by atoms with Crippen LogP contribution in [0.1, 0.15) is 15.9 Å². The summed E-state index contributed by atoms with van der Waals surface area (Å²) in [5, 5.41) is 7.71. The number of aromatic nitrogens is 1. The number of benzene rings is 1. The Morgan fingerprint density at radius 2 is 1.86 bits per heavy atom. The zero-order valence-electron chi connectivity index (χ0n) is 10.9. The smallest absolute Gasteiger partial charge is 0.253 e. The molecule has 1 amide bonds. The first-order chi connectivity index (χ1) is 9.47. The van der Waals surface area contributed by atoms with E-state index in [9.17, 15) is 13.2 Å². The van der Waals surface area contributed by atoms with Gasteiger partial charge in [0.1, 0.15) is 0 Å². The molecule has 0 unspecified atom stereocenters. The first-order valence-electron chi connectivity index (χ1n) is 5.77. The number of pyridine rings is 1. The van der Waals surface area contributed by atoms with E-state index in [2.05, 4.69) is 10.3 Å². The first-order valence-corrected chi connectivity index (χ1v) is 7.31. The van der Waals surface area contributed by atoms with Crippen molar-refractivity contribution in [2.75, 3.05) is 0 Å². The highest BCUT2D eigenvalue weighted by Gasteiger charge is 2.08. The Labute approximate surface area is 128 Å². The van der Waals surface area contributed by atoms with Crippen LogP contribution in [-0.4, -0.2) is 19.3 Å². The van der Waals surface area contributed by atoms with Crippen LogP contribution >= 0.6 is 12.4 Å². The van der Waals surface area contributed by atoms with E-state index < -0.39 is 10.0 Å². The molecule has 1 aromatic carbocycles. The molecule has 2 aromatic rings. The van der Waals surface area contributed by atoms with Crippen molar-refractivity contribution in [3.8, 4) is 0 Å². The van der Waals surface area contributed by atoms with Gasteiger partial charge in [0, 0.05) is 18.9 Å². The van der Waals surface area contributed by atoms with Crippen LogP contribution in [0.15, 0.2) is 53.7 Å². The van der Waals surface area contributed by atoms with Gasteiger partial charge >= 0.3 is 0 Å². The number of nitrogens with one attached hydrogen (secondary N) is 1. The monoisotopic (exact) mass is 327 g/mol. The lowest BCUT2D eigenvalue weighted by atomic mass is 10.2. The van der Waals surface area contributed by atoms with Gasteiger partial charge < -0.3 is 5.32 Å². The molecule has 0 saturated carbocycles. The van der Waals surface area contributed by atoms with E-state index in [0.29, 0.717) is 12.1 Å². The molecular formula is C13H14ClN3O3S. The molecule has 0 spiro atoms. The molecule has 0 atom stereocenters. The molecule has 0 saturated heterocycles. The van der Waals surface area contributed by atoms with Gasteiger partial charge in [-0.2, -0.15) is 0 Å². The molecule has 6 nitrogen and oxygen atoms in total. The molecule has 0 aliphatic carbocycles. The van der Waals surface area contributed by atoms with Gasteiger partial charge in [0.15, 0.2) is 0 Å². The predicted octanol–water partition coefficient (Wildman–Crippen LogP) is 1.08. The van der Waals surface area contributed by atoms with Crippen molar-refractivity contribution in [2.45, 2.75) is 11.4 Å². The fourth-order valence-corrected chi connectivity index (χ4v) is 2.09. The molecule has 21 heavy (non-hydrogen) atoms. The fraction of sp³-hybridized carbons (Fsp3) is 0.0769. The second kappa shape index (κ2) is 7.16. The fourth-order valence-electron chi connectivity index (χ4n) is 1.58. The second-order valence-electron chi connectivity index (χ2n) is 4.11. The topological polar surface area (TPSA) is 102 Å². The van der Waals surface area contributed by atoms with Crippen molar-refractivity contribution < 1.29 is 13.2 Å². The number of halogens is 1. The molecule has 1 aromatic heterocycles. The standard InChI is InChI=1S/C13H13N3O3S.ClH/c14-20(18,19)12-5-3-10(4-6-12)8-16-13(17)11-2-1-7-15-9-11;/h1-7,9H,8H2,(H,16,17)(H2,14,18,19);1H. The maximum absolute atomic E-state index is 11.8. The third-order valence-corrected chi connectivity index (χ3v) is 3.56. The average Bonchev–Trinajstić information content (AvgIpc) is 2.45. The van der Waals surface area contributed by atoms with Crippen molar-refractivity contribution in [2.24, 2.45) is 5.14 Å². The molecular weight excluding hydrogens is 314 g/mol. The number of carbonyl (C=O) groups excluding carboxylic acids is 1. The second-order valence-corrected chi connectivity index (χ2v) is 5.67. The number of rotatable bonds is 4. The highest BCUT2D eigenvalue weighted by atomic mass is 35.5. The lowest BCUT2D eigenvalue weighted by molar-refractivity contribution is 0.0950. The van der Waals surface area contributed by atoms with Gasteiger partial charge in [-0.3, -0.25) is 9.78 Å². The Hall–Kier alpha value is -1.96. The van der Waals surface area contributed by atoms with Gasteiger partial charge in [-0.1, -0.05) is 12.1 Å². The predicted molar refractivity (Wildman–Crippen MR) is 80.5 cm³/mol. The van der Waals surface area contributed by atoms with E-state index in [4.69, 9.17) is 5.14 Å². The van der Waals surface area contributed by atoms with Gasteiger partial charge in [-0.25, -0.2) is 13.6 Å². The summed E-state index contributed by atoms with van der Waals surface area (Å²) in [7, 11) is -3.69. The lowest BCUT2D eigenvalue weighted by Crippen LogP contribution is -2.22. The van der Waals surface area contributed by atoms with Gasteiger partial charge in [-0.15, -0.1) is 12.4 Å². The first kappa shape index (κ1) is 17.1. The number of carbonyl (C=O) groups is 1. The van der Waals surface area contributed by atoms with E-state index in [0.717, 1.165) is 5.56 Å². The van der Waals surface area contributed by atoms with Crippen molar-refractivity contribution in [1.82, 2.24) is 10.3 Å². The molecule has 112 valence electrons. The van der Waals surface area contributed by atoms with E-state index >= 15 is 0 Å². The minimum Gasteiger partial charge on any atom is -0.348 e. The van der Waals surface area contributed by atoms with Crippen LogP contribution in [0.3, 0.4) is 0 Å². The van der Waals surface area contributed by atoms with Gasteiger partial charge in [0.2, 0.25) is 10.0 Å². The molecule has 1 heterocycles. The Morgan fingerprint density at radius 3 is 2.38 bits per heavy atom. The Bertz CT molecular complexity index is 703. The lowest BCUT2D eigenvalue weighted by Gasteiger charge is -2.05. The molecule has 3 N–H and O–H groups in total. The van der Waals surface area contributed by atoms with E-state index in [1.54, 1.807) is 30.5 Å². The molecule has 0 aliphatic heterocycles. The number of amides is 1. The van der Waals surface area contributed by atoms with Crippen LogP contribution in [0.2, 0.25) is 0 Å². The third kappa shape index (κ3) is 4.82. The quantitative estimate of drug-likeness (QED) is 0.877. The number of nitrogens with zero attached hydrogens (tertiary/aromatic N) is 1. The zero-order chi connectivity index (χ0) is 14.6. The van der Waals surface area contributed by atoms with Gasteiger partial charge in [0.05, 0.1) is 10.5 Å². The maximum atomic E-state index is 11.8. The summed E-state index contributed by atoms with van der Waals surface area (Å²) in [6, 6.07) is 9.34. The van der Waals surface area contributed by atoms with Crippen molar-refractivity contribution in [3.63, 3.8) is 0 Å². The summed E-state index contributed by atoms with van der Waals surface area (Å²) in [5.74, 6) is -0.242. The van der Waals surface area contributed by atoms with Gasteiger partial charge in [0.25, 0.3) is 5.91 Å². The molecule has 0 bridgehead atoms. The summed E-state index contributed by atoms with van der Waals surface area (Å²) >= 11 is 0. The Morgan fingerprint density at radius 1 is 1.19 bits per heavy atom. The Kier molecular flexibility index (Phi) is 5.83. The van der Waals surface area contributed by atoms with Crippen LogP contribution in [0, 0.1) is 0 Å². The molecule has 0 radical (unpaired) electrons. The normalized spacial score (nSPS) is 10.5. The Balaban J connectivity index is 0.00000220. The van der Waals surface area contributed by atoms with Crippen LogP contribution in [-0.2, 0) is 16.6 Å². The van der Waals surface area contributed by atoms with Crippen molar-refractivity contribution in [1.29, 1.82) is 0 Å². The summed E-state index contributed by atoms with van der Waals surface area (Å²) in [6.45, 7) is 0.290. The maximum Gasteiger partial charge on any atom is 0.253 e. The van der Waals surface area contributed by atoms with Crippen molar-refractivity contribution in [3.05, 3.63) is 59.9 Å². The summed E-state index contributed by atoms with van der Waals surface area (Å²) in [4.78, 5) is 15.7. The zero-order valence-corrected chi connectivity index (χ0v) is 12.5. The number of hydrogen-bond donors (Lipinski definition) is 2. The summed E-state index contributed by atoms with van der Waals surface area (Å²) < 4.78 is 22.2. The molecule has 2 rings (SSSR count). The number of nitrogens with two attached hydrogens (primary N) is 1. The average molecular weight is 328 g/mol. The van der Waals surface area contributed by atoms with E-state index in [1.165, 1.54) is 18.3 Å². The molecule has 0 aliphatic rings. The number of primary sulfonamides is 1. The third-order valence-electron chi connectivity index (χ3n) is 2.63. The van der Waals surface area contributed by atoms with Crippen LogP contribution in [0.25, 0.3) is 0 Å². The highest BCUT2D eigenvalue weighted by molar-refractivity contribution is 7.89. The minimum absolute atomic E-state index is 0. The summed E-state index contributed by atoms with van der Waals surface area (Å²) in [6.07, 6.45) is 3.06. The number of hydrogen-bond acceptors (Lipinski definition) is 4. The van der Waals surface area contributed by atoms with E-state index in [1.807, 2.05) is 0 Å². The van der Waals surface area contributed by atoms with Crippen LogP contribution in [0.5, 0.6) is 0 Å². The minimum atomic E-state index is -3.69. The number of sulfonamides is 1. The largest absolute Gasteiger partial charge is 0.348 e.